The van der Waals surface area contributed by atoms with Gasteiger partial charge in [-0.05, 0) is 19.1 Å². The second-order valence-electron chi connectivity index (χ2n) is 6.72. The number of hydrogen-bond acceptors (Lipinski definition) is 3. The zero-order chi connectivity index (χ0) is 14.4. The van der Waals surface area contributed by atoms with Crippen molar-refractivity contribution < 1.29 is 4.79 Å². The SMILES string of the molecule is Cc1ccc(C(=O)NC2C(C)(C)C(N)C2(C)C)cn1. The van der Waals surface area contributed by atoms with E-state index in [1.807, 2.05) is 13.0 Å². The number of amides is 1. The third-order valence-electron chi connectivity index (χ3n) is 4.54. The van der Waals surface area contributed by atoms with E-state index in [2.05, 4.69) is 38.0 Å². The predicted molar refractivity (Wildman–Crippen MR) is 75.8 cm³/mol. The Hall–Kier alpha value is -1.42. The average Bonchev–Trinajstić information content (AvgIpc) is 2.35. The summed E-state index contributed by atoms with van der Waals surface area (Å²) in [4.78, 5) is 16.4. The van der Waals surface area contributed by atoms with E-state index >= 15 is 0 Å². The van der Waals surface area contributed by atoms with Crippen molar-refractivity contribution >= 4 is 5.91 Å². The number of carbonyl (C=O) groups excluding carboxylic acids is 1. The van der Waals surface area contributed by atoms with Gasteiger partial charge in [0.2, 0.25) is 0 Å². The van der Waals surface area contributed by atoms with Gasteiger partial charge in [-0.15, -0.1) is 0 Å². The number of hydrogen-bond donors (Lipinski definition) is 2. The maximum absolute atomic E-state index is 12.2. The Kier molecular flexibility index (Phi) is 3.17. The Morgan fingerprint density at radius 3 is 2.32 bits per heavy atom. The van der Waals surface area contributed by atoms with Crippen molar-refractivity contribution in [3.63, 3.8) is 0 Å². The van der Waals surface area contributed by atoms with Crippen LogP contribution in [0.25, 0.3) is 0 Å². The minimum atomic E-state index is -0.0860. The Bertz CT molecular complexity index is 475. The Morgan fingerprint density at radius 2 is 1.84 bits per heavy atom. The van der Waals surface area contributed by atoms with Crippen LogP contribution in [-0.2, 0) is 0 Å². The summed E-state index contributed by atoms with van der Waals surface area (Å²) in [5.74, 6) is -0.0782. The Balaban J connectivity index is 2.13. The van der Waals surface area contributed by atoms with Crippen molar-refractivity contribution in [1.82, 2.24) is 10.3 Å². The van der Waals surface area contributed by atoms with Crippen molar-refractivity contribution in [3.05, 3.63) is 29.6 Å². The summed E-state index contributed by atoms with van der Waals surface area (Å²) < 4.78 is 0. The van der Waals surface area contributed by atoms with Crippen LogP contribution in [0.5, 0.6) is 0 Å². The molecule has 0 atom stereocenters. The highest BCUT2D eigenvalue weighted by Crippen LogP contribution is 2.52. The van der Waals surface area contributed by atoms with Crippen LogP contribution in [0.15, 0.2) is 18.3 Å². The summed E-state index contributed by atoms with van der Waals surface area (Å²) in [6.07, 6.45) is 1.61. The van der Waals surface area contributed by atoms with Gasteiger partial charge in [-0.2, -0.15) is 0 Å². The van der Waals surface area contributed by atoms with Crippen LogP contribution in [-0.4, -0.2) is 23.0 Å². The van der Waals surface area contributed by atoms with Gasteiger partial charge in [0.15, 0.2) is 0 Å². The fraction of sp³-hybridized carbons (Fsp3) is 0.600. The van der Waals surface area contributed by atoms with Crippen LogP contribution in [0.1, 0.15) is 43.7 Å². The lowest BCUT2D eigenvalue weighted by Gasteiger charge is -2.62. The largest absolute Gasteiger partial charge is 0.348 e. The number of carbonyl (C=O) groups is 1. The van der Waals surface area contributed by atoms with E-state index in [0.29, 0.717) is 5.56 Å². The topological polar surface area (TPSA) is 68.0 Å². The smallest absolute Gasteiger partial charge is 0.253 e. The molecule has 19 heavy (non-hydrogen) atoms. The van der Waals surface area contributed by atoms with Crippen LogP contribution in [0.4, 0.5) is 0 Å². The molecule has 0 bridgehead atoms. The standard InChI is InChI=1S/C15H23N3O/c1-9-6-7-10(8-17-9)11(19)18-13-14(2,3)12(16)15(13,4)5/h6-8,12-13H,16H2,1-5H3,(H,18,19). The quantitative estimate of drug-likeness (QED) is 0.854. The number of pyridine rings is 1. The van der Waals surface area contributed by atoms with Crippen LogP contribution in [0.3, 0.4) is 0 Å². The van der Waals surface area contributed by atoms with E-state index < -0.39 is 0 Å². The molecule has 4 heteroatoms. The van der Waals surface area contributed by atoms with Crippen LogP contribution in [0, 0.1) is 17.8 Å². The molecule has 3 N–H and O–H groups in total. The number of nitrogens with zero attached hydrogens (tertiary/aromatic N) is 1. The van der Waals surface area contributed by atoms with E-state index in [4.69, 9.17) is 5.73 Å². The van der Waals surface area contributed by atoms with E-state index in [-0.39, 0.29) is 28.8 Å². The molecule has 4 nitrogen and oxygen atoms in total. The molecule has 0 aromatic carbocycles. The fourth-order valence-electron chi connectivity index (χ4n) is 3.37. The molecule has 1 fully saturated rings. The molecule has 0 spiro atoms. The van der Waals surface area contributed by atoms with Gasteiger partial charge in [-0.3, -0.25) is 9.78 Å². The zero-order valence-corrected chi connectivity index (χ0v) is 12.3. The summed E-state index contributed by atoms with van der Waals surface area (Å²) in [6.45, 7) is 10.3. The van der Waals surface area contributed by atoms with Gasteiger partial charge in [0.1, 0.15) is 0 Å². The summed E-state index contributed by atoms with van der Waals surface area (Å²) >= 11 is 0. The third-order valence-corrected chi connectivity index (χ3v) is 4.54. The minimum absolute atomic E-state index is 0.0730. The van der Waals surface area contributed by atoms with Crippen molar-refractivity contribution in [1.29, 1.82) is 0 Å². The van der Waals surface area contributed by atoms with Gasteiger partial charge >= 0.3 is 0 Å². The van der Waals surface area contributed by atoms with Gasteiger partial charge < -0.3 is 11.1 Å². The minimum Gasteiger partial charge on any atom is -0.348 e. The fourth-order valence-corrected chi connectivity index (χ4v) is 3.37. The van der Waals surface area contributed by atoms with E-state index in [9.17, 15) is 4.79 Å². The molecule has 1 aliphatic rings. The molecule has 2 rings (SSSR count). The molecule has 1 saturated carbocycles. The van der Waals surface area contributed by atoms with E-state index in [1.54, 1.807) is 12.3 Å². The Labute approximate surface area is 114 Å². The van der Waals surface area contributed by atoms with Crippen molar-refractivity contribution in [2.75, 3.05) is 0 Å². The number of aryl methyl sites for hydroxylation is 1. The second-order valence-corrected chi connectivity index (χ2v) is 6.72. The first kappa shape index (κ1) is 14.0. The van der Waals surface area contributed by atoms with Crippen molar-refractivity contribution in [2.24, 2.45) is 16.6 Å². The number of nitrogens with one attached hydrogen (secondary N) is 1. The van der Waals surface area contributed by atoms with Crippen molar-refractivity contribution in [3.8, 4) is 0 Å². The molecule has 1 aliphatic carbocycles. The third kappa shape index (κ3) is 2.14. The van der Waals surface area contributed by atoms with Crippen LogP contribution >= 0.6 is 0 Å². The highest BCUT2D eigenvalue weighted by atomic mass is 16.1. The lowest BCUT2D eigenvalue weighted by atomic mass is 9.48. The first-order valence-electron chi connectivity index (χ1n) is 6.66. The van der Waals surface area contributed by atoms with Gasteiger partial charge in [0.25, 0.3) is 5.91 Å². The molecule has 0 radical (unpaired) electrons. The second kappa shape index (κ2) is 4.30. The normalized spacial score (nSPS) is 27.5. The first-order chi connectivity index (χ1) is 8.67. The highest BCUT2D eigenvalue weighted by Gasteiger charge is 2.60. The number of aromatic nitrogens is 1. The van der Waals surface area contributed by atoms with Gasteiger partial charge in [-0.25, -0.2) is 0 Å². The van der Waals surface area contributed by atoms with Gasteiger partial charge in [0, 0.05) is 34.8 Å². The first-order valence-corrected chi connectivity index (χ1v) is 6.66. The highest BCUT2D eigenvalue weighted by molar-refractivity contribution is 5.94. The Morgan fingerprint density at radius 1 is 1.26 bits per heavy atom. The molecule has 0 aliphatic heterocycles. The molecule has 0 unspecified atom stereocenters. The number of nitrogens with two attached hydrogens (primary N) is 1. The molecular formula is C15H23N3O. The maximum atomic E-state index is 12.2. The van der Waals surface area contributed by atoms with Crippen molar-refractivity contribution in [2.45, 2.75) is 46.7 Å². The lowest BCUT2D eigenvalue weighted by molar-refractivity contribution is -0.0663. The average molecular weight is 261 g/mol. The van der Waals surface area contributed by atoms with Crippen LogP contribution in [0.2, 0.25) is 0 Å². The predicted octanol–water partition coefficient (Wildman–Crippen LogP) is 1.88. The molecule has 0 saturated heterocycles. The molecule has 1 aromatic rings. The van der Waals surface area contributed by atoms with Gasteiger partial charge in [0.05, 0.1) is 5.56 Å². The van der Waals surface area contributed by atoms with E-state index in [0.717, 1.165) is 5.69 Å². The molecular weight excluding hydrogens is 238 g/mol. The number of rotatable bonds is 2. The van der Waals surface area contributed by atoms with Gasteiger partial charge in [-0.1, -0.05) is 27.7 Å². The monoisotopic (exact) mass is 261 g/mol. The summed E-state index contributed by atoms with van der Waals surface area (Å²) in [5, 5.41) is 3.10. The lowest BCUT2D eigenvalue weighted by Crippen LogP contribution is -2.76. The molecule has 104 valence electrons. The van der Waals surface area contributed by atoms with E-state index in [1.165, 1.54) is 0 Å². The zero-order valence-electron chi connectivity index (χ0n) is 12.3. The molecule has 1 amide bonds. The maximum Gasteiger partial charge on any atom is 0.253 e. The van der Waals surface area contributed by atoms with Crippen LogP contribution < -0.4 is 11.1 Å². The summed E-state index contributed by atoms with van der Waals surface area (Å²) in [5.41, 5.74) is 7.52. The molecule has 1 aromatic heterocycles. The summed E-state index contributed by atoms with van der Waals surface area (Å²) in [7, 11) is 0. The molecule has 1 heterocycles. The summed E-state index contributed by atoms with van der Waals surface area (Å²) in [6, 6.07) is 3.80.